The van der Waals surface area contributed by atoms with Crippen molar-refractivity contribution in [3.63, 3.8) is 0 Å². The molecule has 0 saturated heterocycles. The second-order valence-electron chi connectivity index (χ2n) is 3.99. The predicted molar refractivity (Wildman–Crippen MR) is 71.5 cm³/mol. The molecule has 0 saturated carbocycles. The Bertz CT molecular complexity index is 599. The van der Waals surface area contributed by atoms with Gasteiger partial charge in [0.1, 0.15) is 11.6 Å². The number of benzene rings is 1. The standard InChI is InChI=1S/C13H13ClFN3/c1-7-8(2)17-13(18-12(7)16-3)9-4-5-10(14)11(15)6-9/h4-6H,1-3H3,(H,16,17,18). The first kappa shape index (κ1) is 12.8. The van der Waals surface area contributed by atoms with Gasteiger partial charge in [0.05, 0.1) is 5.02 Å². The van der Waals surface area contributed by atoms with E-state index in [0.29, 0.717) is 11.4 Å². The van der Waals surface area contributed by atoms with Crippen LogP contribution < -0.4 is 5.32 Å². The molecule has 0 fully saturated rings. The molecule has 1 aromatic carbocycles. The molecule has 0 bridgehead atoms. The Hall–Kier alpha value is -1.68. The van der Waals surface area contributed by atoms with Gasteiger partial charge in [-0.3, -0.25) is 0 Å². The highest BCUT2D eigenvalue weighted by atomic mass is 35.5. The fraction of sp³-hybridized carbons (Fsp3) is 0.231. The Morgan fingerprint density at radius 2 is 1.94 bits per heavy atom. The van der Waals surface area contributed by atoms with Crippen LogP contribution in [0, 0.1) is 19.7 Å². The van der Waals surface area contributed by atoms with Crippen LogP contribution in [0.3, 0.4) is 0 Å². The predicted octanol–water partition coefficient (Wildman–Crippen LogP) is 3.59. The monoisotopic (exact) mass is 265 g/mol. The Morgan fingerprint density at radius 1 is 1.22 bits per heavy atom. The zero-order valence-electron chi connectivity index (χ0n) is 10.4. The van der Waals surface area contributed by atoms with Crippen molar-refractivity contribution in [2.75, 3.05) is 12.4 Å². The van der Waals surface area contributed by atoms with E-state index in [1.807, 2.05) is 13.8 Å². The van der Waals surface area contributed by atoms with Crippen molar-refractivity contribution in [1.82, 2.24) is 9.97 Å². The minimum Gasteiger partial charge on any atom is -0.373 e. The van der Waals surface area contributed by atoms with E-state index in [2.05, 4.69) is 15.3 Å². The number of halogens is 2. The summed E-state index contributed by atoms with van der Waals surface area (Å²) < 4.78 is 13.4. The molecule has 1 aromatic heterocycles. The van der Waals surface area contributed by atoms with Crippen LogP contribution in [-0.2, 0) is 0 Å². The molecule has 2 rings (SSSR count). The van der Waals surface area contributed by atoms with Crippen LogP contribution in [0.2, 0.25) is 5.02 Å². The summed E-state index contributed by atoms with van der Waals surface area (Å²) in [7, 11) is 1.79. The Kier molecular flexibility index (Phi) is 3.48. The summed E-state index contributed by atoms with van der Waals surface area (Å²) in [5.41, 5.74) is 2.45. The van der Waals surface area contributed by atoms with Gasteiger partial charge in [-0.1, -0.05) is 11.6 Å². The summed E-state index contributed by atoms with van der Waals surface area (Å²) in [6.07, 6.45) is 0. The Balaban J connectivity index is 2.57. The highest BCUT2D eigenvalue weighted by Gasteiger charge is 2.10. The fourth-order valence-corrected chi connectivity index (χ4v) is 1.75. The van der Waals surface area contributed by atoms with Crippen LogP contribution in [0.4, 0.5) is 10.2 Å². The lowest BCUT2D eigenvalue weighted by Gasteiger charge is -2.10. The van der Waals surface area contributed by atoms with E-state index in [9.17, 15) is 4.39 Å². The van der Waals surface area contributed by atoms with Crippen molar-refractivity contribution in [3.05, 3.63) is 40.3 Å². The number of nitrogens with one attached hydrogen (secondary N) is 1. The van der Waals surface area contributed by atoms with Crippen LogP contribution in [0.25, 0.3) is 11.4 Å². The molecule has 2 aromatic rings. The van der Waals surface area contributed by atoms with Gasteiger partial charge in [0, 0.05) is 23.9 Å². The molecule has 1 heterocycles. The SMILES string of the molecule is CNc1nc(-c2ccc(Cl)c(F)c2)nc(C)c1C. The largest absolute Gasteiger partial charge is 0.373 e. The number of aryl methyl sites for hydroxylation is 1. The van der Waals surface area contributed by atoms with Gasteiger partial charge in [-0.25, -0.2) is 14.4 Å². The number of anilines is 1. The van der Waals surface area contributed by atoms with Gasteiger partial charge in [-0.2, -0.15) is 0 Å². The molecule has 0 atom stereocenters. The molecule has 1 N–H and O–H groups in total. The minimum absolute atomic E-state index is 0.0939. The zero-order chi connectivity index (χ0) is 13.3. The molecule has 18 heavy (non-hydrogen) atoms. The summed E-state index contributed by atoms with van der Waals surface area (Å²) in [6, 6.07) is 4.55. The molecular weight excluding hydrogens is 253 g/mol. The van der Waals surface area contributed by atoms with Crippen LogP contribution >= 0.6 is 11.6 Å². The van der Waals surface area contributed by atoms with Gasteiger partial charge < -0.3 is 5.32 Å². The number of hydrogen-bond acceptors (Lipinski definition) is 3. The smallest absolute Gasteiger partial charge is 0.161 e. The number of rotatable bonds is 2. The van der Waals surface area contributed by atoms with Gasteiger partial charge in [-0.05, 0) is 32.0 Å². The van der Waals surface area contributed by atoms with E-state index in [1.165, 1.54) is 12.1 Å². The lowest BCUT2D eigenvalue weighted by molar-refractivity contribution is 0.628. The van der Waals surface area contributed by atoms with Crippen molar-refractivity contribution < 1.29 is 4.39 Å². The Morgan fingerprint density at radius 3 is 2.56 bits per heavy atom. The molecule has 0 spiro atoms. The first-order chi connectivity index (χ1) is 8.52. The summed E-state index contributed by atoms with van der Waals surface area (Å²) in [6.45, 7) is 3.83. The molecule has 0 unspecified atom stereocenters. The van der Waals surface area contributed by atoms with E-state index in [1.54, 1.807) is 13.1 Å². The molecule has 3 nitrogen and oxygen atoms in total. The topological polar surface area (TPSA) is 37.8 Å². The maximum absolute atomic E-state index is 13.4. The molecule has 0 aliphatic carbocycles. The van der Waals surface area contributed by atoms with Crippen molar-refractivity contribution in [3.8, 4) is 11.4 Å². The van der Waals surface area contributed by atoms with Gasteiger partial charge >= 0.3 is 0 Å². The van der Waals surface area contributed by atoms with Crippen molar-refractivity contribution in [2.24, 2.45) is 0 Å². The normalized spacial score (nSPS) is 10.5. The van der Waals surface area contributed by atoms with E-state index in [4.69, 9.17) is 11.6 Å². The number of nitrogens with zero attached hydrogens (tertiary/aromatic N) is 2. The first-order valence-corrected chi connectivity index (χ1v) is 5.89. The molecule has 5 heteroatoms. The zero-order valence-corrected chi connectivity index (χ0v) is 11.1. The third-order valence-corrected chi connectivity index (χ3v) is 3.11. The summed E-state index contributed by atoms with van der Waals surface area (Å²) >= 11 is 5.66. The van der Waals surface area contributed by atoms with E-state index < -0.39 is 5.82 Å². The third kappa shape index (κ3) is 2.29. The number of hydrogen-bond donors (Lipinski definition) is 1. The van der Waals surface area contributed by atoms with Gasteiger partial charge in [0.15, 0.2) is 5.82 Å². The lowest BCUT2D eigenvalue weighted by atomic mass is 10.2. The van der Waals surface area contributed by atoms with Gasteiger partial charge in [0.25, 0.3) is 0 Å². The number of aromatic nitrogens is 2. The Labute approximate surface area is 110 Å². The second-order valence-corrected chi connectivity index (χ2v) is 4.39. The van der Waals surface area contributed by atoms with E-state index in [-0.39, 0.29) is 5.02 Å². The summed E-state index contributed by atoms with van der Waals surface area (Å²) in [4.78, 5) is 8.72. The average molecular weight is 266 g/mol. The molecular formula is C13H13ClFN3. The van der Waals surface area contributed by atoms with Crippen LogP contribution in [0.15, 0.2) is 18.2 Å². The van der Waals surface area contributed by atoms with E-state index in [0.717, 1.165) is 17.1 Å². The molecule has 0 aliphatic heterocycles. The molecule has 0 radical (unpaired) electrons. The first-order valence-electron chi connectivity index (χ1n) is 5.51. The minimum atomic E-state index is -0.470. The molecule has 94 valence electrons. The molecule has 0 aliphatic rings. The maximum atomic E-state index is 13.4. The van der Waals surface area contributed by atoms with Crippen molar-refractivity contribution in [1.29, 1.82) is 0 Å². The van der Waals surface area contributed by atoms with Crippen LogP contribution in [-0.4, -0.2) is 17.0 Å². The van der Waals surface area contributed by atoms with Gasteiger partial charge in [-0.15, -0.1) is 0 Å². The third-order valence-electron chi connectivity index (χ3n) is 2.80. The van der Waals surface area contributed by atoms with Crippen molar-refractivity contribution in [2.45, 2.75) is 13.8 Å². The highest BCUT2D eigenvalue weighted by Crippen LogP contribution is 2.24. The lowest BCUT2D eigenvalue weighted by Crippen LogP contribution is -2.02. The summed E-state index contributed by atoms with van der Waals surface area (Å²) in [5.74, 6) is 0.757. The quantitative estimate of drug-likeness (QED) is 0.902. The average Bonchev–Trinajstić information content (AvgIpc) is 2.36. The van der Waals surface area contributed by atoms with Gasteiger partial charge in [0.2, 0.25) is 0 Å². The van der Waals surface area contributed by atoms with Crippen LogP contribution in [0.1, 0.15) is 11.3 Å². The summed E-state index contributed by atoms with van der Waals surface area (Å²) in [5, 5.41) is 3.10. The highest BCUT2D eigenvalue weighted by molar-refractivity contribution is 6.30. The molecule has 0 amide bonds. The van der Waals surface area contributed by atoms with E-state index >= 15 is 0 Å². The maximum Gasteiger partial charge on any atom is 0.161 e. The fourth-order valence-electron chi connectivity index (χ4n) is 1.64. The van der Waals surface area contributed by atoms with Crippen molar-refractivity contribution >= 4 is 17.4 Å². The van der Waals surface area contributed by atoms with Crippen LogP contribution in [0.5, 0.6) is 0 Å². The second kappa shape index (κ2) is 4.90.